The van der Waals surface area contributed by atoms with Crippen LogP contribution < -0.4 is 10.6 Å². The van der Waals surface area contributed by atoms with Crippen molar-refractivity contribution in [1.29, 1.82) is 0 Å². The number of benzene rings is 1. The SMILES string of the molecule is CNC(=O)c1cccc(NC2CCC(C)CC2)c1C. The maximum atomic E-state index is 11.8. The third-order valence-corrected chi connectivity index (χ3v) is 4.18. The lowest BCUT2D eigenvalue weighted by Crippen LogP contribution is -2.26. The van der Waals surface area contributed by atoms with Gasteiger partial charge in [0.2, 0.25) is 0 Å². The highest BCUT2D eigenvalue weighted by atomic mass is 16.1. The number of nitrogens with one attached hydrogen (secondary N) is 2. The van der Waals surface area contributed by atoms with Crippen molar-refractivity contribution in [3.8, 4) is 0 Å². The van der Waals surface area contributed by atoms with Gasteiger partial charge >= 0.3 is 0 Å². The normalized spacial score (nSPS) is 22.9. The second-order valence-corrected chi connectivity index (χ2v) is 5.66. The summed E-state index contributed by atoms with van der Waals surface area (Å²) < 4.78 is 0. The van der Waals surface area contributed by atoms with Crippen molar-refractivity contribution in [3.63, 3.8) is 0 Å². The van der Waals surface area contributed by atoms with E-state index in [4.69, 9.17) is 0 Å². The van der Waals surface area contributed by atoms with Crippen molar-refractivity contribution in [2.45, 2.75) is 45.6 Å². The van der Waals surface area contributed by atoms with Gasteiger partial charge in [-0.3, -0.25) is 4.79 Å². The molecule has 0 heterocycles. The summed E-state index contributed by atoms with van der Waals surface area (Å²) in [6.07, 6.45) is 5.05. The summed E-state index contributed by atoms with van der Waals surface area (Å²) in [6.45, 7) is 4.34. The number of hydrogen-bond acceptors (Lipinski definition) is 2. The summed E-state index contributed by atoms with van der Waals surface area (Å²) in [5.74, 6) is 0.842. The van der Waals surface area contributed by atoms with Crippen LogP contribution in [0.3, 0.4) is 0 Å². The Bertz CT molecular complexity index is 448. The highest BCUT2D eigenvalue weighted by molar-refractivity contribution is 5.96. The largest absolute Gasteiger partial charge is 0.382 e. The van der Waals surface area contributed by atoms with Crippen LogP contribution in [-0.2, 0) is 0 Å². The van der Waals surface area contributed by atoms with Crippen molar-refractivity contribution in [2.24, 2.45) is 5.92 Å². The Morgan fingerprint density at radius 2 is 1.89 bits per heavy atom. The monoisotopic (exact) mass is 260 g/mol. The summed E-state index contributed by atoms with van der Waals surface area (Å²) in [5, 5.41) is 6.30. The van der Waals surface area contributed by atoms with E-state index in [-0.39, 0.29) is 5.91 Å². The molecule has 0 atom stereocenters. The second kappa shape index (κ2) is 6.09. The van der Waals surface area contributed by atoms with Crippen molar-refractivity contribution in [1.82, 2.24) is 5.32 Å². The van der Waals surface area contributed by atoms with E-state index in [9.17, 15) is 4.79 Å². The molecule has 1 aliphatic rings. The minimum Gasteiger partial charge on any atom is -0.382 e. The van der Waals surface area contributed by atoms with Gasteiger partial charge < -0.3 is 10.6 Å². The first kappa shape index (κ1) is 13.9. The minimum absolute atomic E-state index is 0.0154. The first-order valence-corrected chi connectivity index (χ1v) is 7.20. The van der Waals surface area contributed by atoms with Crippen LogP contribution in [0, 0.1) is 12.8 Å². The van der Waals surface area contributed by atoms with E-state index >= 15 is 0 Å². The lowest BCUT2D eigenvalue weighted by molar-refractivity contribution is 0.0962. The number of carbonyl (C=O) groups is 1. The van der Waals surface area contributed by atoms with Crippen molar-refractivity contribution in [3.05, 3.63) is 29.3 Å². The molecule has 0 radical (unpaired) electrons. The molecule has 104 valence electrons. The first-order valence-electron chi connectivity index (χ1n) is 7.20. The zero-order chi connectivity index (χ0) is 13.8. The number of carbonyl (C=O) groups excluding carboxylic acids is 1. The van der Waals surface area contributed by atoms with Crippen LogP contribution in [0.2, 0.25) is 0 Å². The Hall–Kier alpha value is -1.51. The number of hydrogen-bond donors (Lipinski definition) is 2. The molecule has 0 bridgehead atoms. The summed E-state index contributed by atoms with van der Waals surface area (Å²) >= 11 is 0. The molecule has 1 aromatic carbocycles. The van der Waals surface area contributed by atoms with Crippen LogP contribution in [-0.4, -0.2) is 19.0 Å². The van der Waals surface area contributed by atoms with Crippen LogP contribution >= 0.6 is 0 Å². The first-order chi connectivity index (χ1) is 9.11. The smallest absolute Gasteiger partial charge is 0.251 e. The zero-order valence-corrected chi connectivity index (χ0v) is 12.1. The van der Waals surface area contributed by atoms with Gasteiger partial charge in [-0.25, -0.2) is 0 Å². The number of amides is 1. The number of rotatable bonds is 3. The van der Waals surface area contributed by atoms with Gasteiger partial charge in [-0.1, -0.05) is 13.0 Å². The average Bonchev–Trinajstić information content (AvgIpc) is 2.43. The van der Waals surface area contributed by atoms with E-state index in [1.54, 1.807) is 7.05 Å². The second-order valence-electron chi connectivity index (χ2n) is 5.66. The Morgan fingerprint density at radius 3 is 2.53 bits per heavy atom. The van der Waals surface area contributed by atoms with Gasteiger partial charge in [0.25, 0.3) is 5.91 Å². The molecule has 1 aliphatic carbocycles. The fourth-order valence-electron chi connectivity index (χ4n) is 2.80. The van der Waals surface area contributed by atoms with Gasteiger partial charge in [-0.2, -0.15) is 0 Å². The molecule has 0 spiro atoms. The summed E-state index contributed by atoms with van der Waals surface area (Å²) in [5.41, 5.74) is 2.90. The molecule has 0 aliphatic heterocycles. The third kappa shape index (κ3) is 3.28. The van der Waals surface area contributed by atoms with Gasteiger partial charge in [0.1, 0.15) is 0 Å². The minimum atomic E-state index is -0.0154. The Balaban J connectivity index is 2.10. The standard InChI is InChI=1S/C16H24N2O/c1-11-7-9-13(10-8-11)18-15-6-4-5-14(12(15)2)16(19)17-3/h4-6,11,13,18H,7-10H2,1-3H3,(H,17,19). The highest BCUT2D eigenvalue weighted by Gasteiger charge is 2.19. The highest BCUT2D eigenvalue weighted by Crippen LogP contribution is 2.28. The maximum absolute atomic E-state index is 11.8. The van der Waals surface area contributed by atoms with E-state index in [0.29, 0.717) is 6.04 Å². The Kier molecular flexibility index (Phi) is 4.46. The van der Waals surface area contributed by atoms with Crippen LogP contribution in [0.1, 0.15) is 48.5 Å². The van der Waals surface area contributed by atoms with E-state index in [0.717, 1.165) is 22.7 Å². The van der Waals surface area contributed by atoms with E-state index < -0.39 is 0 Å². The molecular formula is C16H24N2O. The summed E-state index contributed by atoms with van der Waals surface area (Å²) in [4.78, 5) is 11.8. The van der Waals surface area contributed by atoms with Crippen LogP contribution in [0.5, 0.6) is 0 Å². The molecule has 1 aromatic rings. The predicted molar refractivity (Wildman–Crippen MR) is 79.6 cm³/mol. The molecule has 1 amide bonds. The van der Waals surface area contributed by atoms with Crippen molar-refractivity contribution < 1.29 is 4.79 Å². The molecule has 19 heavy (non-hydrogen) atoms. The van der Waals surface area contributed by atoms with Crippen LogP contribution in [0.15, 0.2) is 18.2 Å². The molecule has 0 unspecified atom stereocenters. The molecule has 3 heteroatoms. The van der Waals surface area contributed by atoms with Gasteiger partial charge in [0.05, 0.1) is 0 Å². The third-order valence-electron chi connectivity index (χ3n) is 4.18. The van der Waals surface area contributed by atoms with E-state index in [1.165, 1.54) is 25.7 Å². The van der Waals surface area contributed by atoms with E-state index in [2.05, 4.69) is 23.6 Å². The lowest BCUT2D eigenvalue weighted by atomic mass is 9.87. The van der Waals surface area contributed by atoms with Crippen molar-refractivity contribution >= 4 is 11.6 Å². The predicted octanol–water partition coefficient (Wildman–Crippen LogP) is 3.35. The molecule has 2 N–H and O–H groups in total. The summed E-state index contributed by atoms with van der Waals surface area (Å²) in [6, 6.07) is 6.45. The fraction of sp³-hybridized carbons (Fsp3) is 0.562. The Morgan fingerprint density at radius 1 is 1.21 bits per heavy atom. The summed E-state index contributed by atoms with van der Waals surface area (Å²) in [7, 11) is 1.67. The van der Waals surface area contributed by atoms with Gasteiger partial charge in [-0.05, 0) is 56.2 Å². The van der Waals surface area contributed by atoms with Crippen LogP contribution in [0.25, 0.3) is 0 Å². The fourth-order valence-corrected chi connectivity index (χ4v) is 2.80. The van der Waals surface area contributed by atoms with E-state index in [1.807, 2.05) is 19.1 Å². The molecule has 0 aromatic heterocycles. The quantitative estimate of drug-likeness (QED) is 0.875. The zero-order valence-electron chi connectivity index (χ0n) is 12.1. The molecule has 0 saturated heterocycles. The molecule has 1 fully saturated rings. The topological polar surface area (TPSA) is 41.1 Å². The average molecular weight is 260 g/mol. The van der Waals surface area contributed by atoms with Crippen molar-refractivity contribution in [2.75, 3.05) is 12.4 Å². The Labute approximate surface area is 115 Å². The van der Waals surface area contributed by atoms with Gasteiger partial charge in [0, 0.05) is 24.3 Å². The molecule has 3 nitrogen and oxygen atoms in total. The van der Waals surface area contributed by atoms with Gasteiger partial charge in [0.15, 0.2) is 0 Å². The molecule has 2 rings (SSSR count). The lowest BCUT2D eigenvalue weighted by Gasteiger charge is -2.28. The molecular weight excluding hydrogens is 236 g/mol. The maximum Gasteiger partial charge on any atom is 0.251 e. The number of anilines is 1. The van der Waals surface area contributed by atoms with Crippen LogP contribution in [0.4, 0.5) is 5.69 Å². The molecule has 1 saturated carbocycles. The van der Waals surface area contributed by atoms with Gasteiger partial charge in [-0.15, -0.1) is 0 Å².